The molecular formula is C25H22F3N5O2. The third-order valence-corrected chi connectivity index (χ3v) is 6.95. The Hall–Kier alpha value is -3.87. The minimum atomic E-state index is -2.38. The maximum absolute atomic E-state index is 15.2. The van der Waals surface area contributed by atoms with Gasteiger partial charge in [-0.2, -0.15) is 10.4 Å². The second-order valence-electron chi connectivity index (χ2n) is 9.79. The second-order valence-corrected chi connectivity index (χ2v) is 9.79. The van der Waals surface area contributed by atoms with E-state index in [0.29, 0.717) is 39.0 Å². The maximum Gasteiger partial charge on any atom is 0.341 e. The molecule has 0 saturated heterocycles. The summed E-state index contributed by atoms with van der Waals surface area (Å²) in [7, 11) is 0. The van der Waals surface area contributed by atoms with Crippen LogP contribution in [0.3, 0.4) is 0 Å². The van der Waals surface area contributed by atoms with Crippen LogP contribution in [0.2, 0.25) is 0 Å². The lowest BCUT2D eigenvalue weighted by atomic mass is 9.80. The van der Waals surface area contributed by atoms with E-state index < -0.39 is 34.6 Å². The zero-order valence-corrected chi connectivity index (χ0v) is 19.1. The fourth-order valence-electron chi connectivity index (χ4n) is 5.26. The van der Waals surface area contributed by atoms with Gasteiger partial charge in [-0.15, -0.1) is 0 Å². The van der Waals surface area contributed by atoms with Crippen LogP contribution >= 0.6 is 0 Å². The molecule has 1 aliphatic carbocycles. The first kappa shape index (κ1) is 22.9. The summed E-state index contributed by atoms with van der Waals surface area (Å²) in [5, 5.41) is 26.6. The van der Waals surface area contributed by atoms with Crippen molar-refractivity contribution in [3.63, 3.8) is 0 Å². The molecule has 7 nitrogen and oxygen atoms in total. The van der Waals surface area contributed by atoms with Gasteiger partial charge in [0.1, 0.15) is 0 Å². The standard InChI is InChI=1S/C25H22F3N5O2/c1-24(2,7-8-29)21-19(13-5-6-25(28,11-13)23(34)35)20-18(9-14-12-30-32-22(14)31-20)33(21)15-3-4-16(26)17(27)10-15/h3-4,9-10,12-13H,5-7,11H2,1-2H3,(H,34,35)(H,30,31,32)/t13-,25+/m1/s1. The number of alkyl halides is 1. The number of rotatable bonds is 5. The number of nitrogens with one attached hydrogen (secondary N) is 1. The highest BCUT2D eigenvalue weighted by atomic mass is 19.2. The Morgan fingerprint density at radius 1 is 1.34 bits per heavy atom. The Labute approximate surface area is 198 Å². The van der Waals surface area contributed by atoms with Crippen LogP contribution in [0, 0.1) is 23.0 Å². The summed E-state index contributed by atoms with van der Waals surface area (Å²) < 4.78 is 45.1. The van der Waals surface area contributed by atoms with Crippen molar-refractivity contribution < 1.29 is 23.1 Å². The van der Waals surface area contributed by atoms with Gasteiger partial charge in [0.05, 0.1) is 23.3 Å². The highest BCUT2D eigenvalue weighted by Crippen LogP contribution is 2.50. The van der Waals surface area contributed by atoms with Crippen LogP contribution < -0.4 is 0 Å². The summed E-state index contributed by atoms with van der Waals surface area (Å²) in [4.78, 5) is 16.4. The molecule has 0 radical (unpaired) electrons. The molecular weight excluding hydrogens is 459 g/mol. The van der Waals surface area contributed by atoms with Crippen molar-refractivity contribution in [1.82, 2.24) is 19.7 Å². The highest BCUT2D eigenvalue weighted by Gasteiger charge is 2.49. The predicted molar refractivity (Wildman–Crippen MR) is 122 cm³/mol. The van der Waals surface area contributed by atoms with Gasteiger partial charge in [0.25, 0.3) is 0 Å². The molecule has 180 valence electrons. The molecule has 3 aromatic heterocycles. The molecule has 0 bridgehead atoms. The topological polar surface area (TPSA) is 108 Å². The van der Waals surface area contributed by atoms with E-state index >= 15 is 4.39 Å². The largest absolute Gasteiger partial charge is 0.479 e. The molecule has 0 unspecified atom stereocenters. The molecule has 5 rings (SSSR count). The van der Waals surface area contributed by atoms with E-state index in [1.807, 2.05) is 13.8 Å². The van der Waals surface area contributed by atoms with Crippen LogP contribution in [0.25, 0.3) is 27.8 Å². The number of halogens is 3. The van der Waals surface area contributed by atoms with Crippen molar-refractivity contribution in [2.75, 3.05) is 0 Å². The van der Waals surface area contributed by atoms with Crippen molar-refractivity contribution in [2.24, 2.45) is 0 Å². The third kappa shape index (κ3) is 3.53. The number of nitriles is 1. The Bertz CT molecular complexity index is 1530. The predicted octanol–water partition coefficient (Wildman–Crippen LogP) is 5.43. The maximum atomic E-state index is 15.2. The summed E-state index contributed by atoms with van der Waals surface area (Å²) >= 11 is 0. The van der Waals surface area contributed by atoms with Gasteiger partial charge < -0.3 is 9.67 Å². The number of pyridine rings is 1. The number of carboxylic acid groups (broad SMARTS) is 1. The van der Waals surface area contributed by atoms with Gasteiger partial charge in [0, 0.05) is 40.2 Å². The Kier molecular flexibility index (Phi) is 5.13. The molecule has 2 N–H and O–H groups in total. The van der Waals surface area contributed by atoms with Crippen LogP contribution in [-0.4, -0.2) is 36.5 Å². The van der Waals surface area contributed by atoms with E-state index in [4.69, 9.17) is 4.98 Å². The van der Waals surface area contributed by atoms with E-state index in [-0.39, 0.29) is 25.7 Å². The smallest absolute Gasteiger partial charge is 0.341 e. The number of carboxylic acids is 1. The van der Waals surface area contributed by atoms with E-state index in [1.165, 1.54) is 6.07 Å². The molecule has 0 aliphatic heterocycles. The van der Waals surface area contributed by atoms with Gasteiger partial charge in [-0.25, -0.2) is 22.9 Å². The first-order chi connectivity index (χ1) is 16.6. The summed E-state index contributed by atoms with van der Waals surface area (Å²) in [6.07, 6.45) is 1.51. The number of benzene rings is 1. The van der Waals surface area contributed by atoms with Gasteiger partial charge in [-0.3, -0.25) is 5.10 Å². The van der Waals surface area contributed by atoms with E-state index in [1.54, 1.807) is 16.8 Å². The molecule has 0 spiro atoms. The molecule has 4 aromatic rings. The average Bonchev–Trinajstić information content (AvgIpc) is 3.50. The summed E-state index contributed by atoms with van der Waals surface area (Å²) in [6, 6.07) is 7.49. The fraction of sp³-hybridized carbons (Fsp3) is 0.360. The van der Waals surface area contributed by atoms with Crippen molar-refractivity contribution >= 4 is 28.0 Å². The van der Waals surface area contributed by atoms with Gasteiger partial charge in [-0.05, 0) is 43.4 Å². The Morgan fingerprint density at radius 3 is 2.77 bits per heavy atom. The van der Waals surface area contributed by atoms with Gasteiger partial charge in [0.2, 0.25) is 5.67 Å². The Balaban J connectivity index is 1.89. The molecule has 35 heavy (non-hydrogen) atoms. The monoisotopic (exact) mass is 481 g/mol. The first-order valence-electron chi connectivity index (χ1n) is 11.2. The second kappa shape index (κ2) is 7.83. The van der Waals surface area contributed by atoms with E-state index in [9.17, 15) is 23.9 Å². The van der Waals surface area contributed by atoms with Crippen LogP contribution in [0.4, 0.5) is 13.2 Å². The van der Waals surface area contributed by atoms with E-state index in [0.717, 1.165) is 12.1 Å². The van der Waals surface area contributed by atoms with Crippen LogP contribution in [0.5, 0.6) is 0 Å². The minimum absolute atomic E-state index is 0.0752. The number of aliphatic carboxylic acids is 1. The van der Waals surface area contributed by atoms with Gasteiger partial charge >= 0.3 is 5.97 Å². The lowest BCUT2D eigenvalue weighted by Crippen LogP contribution is -2.30. The van der Waals surface area contributed by atoms with Gasteiger partial charge in [-0.1, -0.05) is 13.8 Å². The molecule has 0 amide bonds. The zero-order valence-electron chi connectivity index (χ0n) is 19.1. The van der Waals surface area contributed by atoms with Crippen LogP contribution in [0.1, 0.15) is 56.7 Å². The lowest BCUT2D eigenvalue weighted by Gasteiger charge is -2.28. The molecule has 10 heteroatoms. The summed E-state index contributed by atoms with van der Waals surface area (Å²) in [6.45, 7) is 3.68. The molecule has 1 saturated carbocycles. The molecule has 1 fully saturated rings. The summed E-state index contributed by atoms with van der Waals surface area (Å²) in [5.41, 5.74) is -0.167. The van der Waals surface area contributed by atoms with Crippen molar-refractivity contribution in [3.05, 3.63) is 53.4 Å². The molecule has 1 aromatic carbocycles. The van der Waals surface area contributed by atoms with Crippen LogP contribution in [-0.2, 0) is 10.2 Å². The number of nitrogens with zero attached hydrogens (tertiary/aromatic N) is 4. The average molecular weight is 481 g/mol. The van der Waals surface area contributed by atoms with Crippen molar-refractivity contribution in [3.8, 4) is 11.8 Å². The number of fused-ring (bicyclic) bond motifs is 2. The lowest BCUT2D eigenvalue weighted by molar-refractivity contribution is -0.150. The molecule has 3 heterocycles. The Morgan fingerprint density at radius 2 is 2.11 bits per heavy atom. The number of aromatic nitrogens is 4. The molecule has 2 atom stereocenters. The molecule has 1 aliphatic rings. The van der Waals surface area contributed by atoms with Gasteiger partial charge in [0.15, 0.2) is 17.3 Å². The van der Waals surface area contributed by atoms with Crippen molar-refractivity contribution in [2.45, 2.75) is 56.5 Å². The van der Waals surface area contributed by atoms with Crippen molar-refractivity contribution in [1.29, 1.82) is 5.26 Å². The number of hydrogen-bond donors (Lipinski definition) is 2. The van der Waals surface area contributed by atoms with Crippen LogP contribution in [0.15, 0.2) is 30.5 Å². The minimum Gasteiger partial charge on any atom is -0.479 e. The quantitative estimate of drug-likeness (QED) is 0.395. The number of aromatic amines is 1. The number of H-pyrrole nitrogens is 1. The van der Waals surface area contributed by atoms with E-state index in [2.05, 4.69) is 16.3 Å². The first-order valence-corrected chi connectivity index (χ1v) is 11.2. The highest BCUT2D eigenvalue weighted by molar-refractivity contribution is 5.94. The zero-order chi connectivity index (χ0) is 25.1. The SMILES string of the molecule is CC(C)(CC#N)c1c([C@@H]2CC[C@@](F)(C(=O)O)C2)c2nc3[nH]ncc3cc2n1-c1ccc(F)c(F)c1. The third-order valence-electron chi connectivity index (χ3n) is 6.95. The summed E-state index contributed by atoms with van der Waals surface area (Å²) in [5.74, 6) is -4.06. The number of carbonyl (C=O) groups is 1. The number of hydrogen-bond acceptors (Lipinski definition) is 4. The normalized spacial score (nSPS) is 20.5. The fourth-order valence-corrected chi connectivity index (χ4v) is 5.26.